The third kappa shape index (κ3) is 70.9. The van der Waals surface area contributed by atoms with Crippen LogP contribution in [0.4, 0.5) is 0 Å². The van der Waals surface area contributed by atoms with Gasteiger partial charge >= 0.3 is 26.2 Å². The molecular formula is C4H15SiZr. The van der Waals surface area contributed by atoms with Gasteiger partial charge in [-0.25, -0.2) is 0 Å². The van der Waals surface area contributed by atoms with Crippen LogP contribution in [0.15, 0.2) is 0 Å². The van der Waals surface area contributed by atoms with E-state index in [1.807, 2.05) is 0 Å². The fraction of sp³-hybridized carbons (Fsp3) is 0. The van der Waals surface area contributed by atoms with Crippen LogP contribution >= 0.6 is 0 Å². The Bertz CT molecular complexity index is 7.51. The molecule has 0 nitrogen and oxygen atoms in total. The molecule has 6 heavy (non-hydrogen) atoms. The minimum Gasteiger partial charge on any atom is -0.358 e. The van der Waals surface area contributed by atoms with Crippen LogP contribution in [0, 0.1) is 29.7 Å². The molecule has 0 aliphatic rings. The predicted molar refractivity (Wildman–Crippen MR) is 35.6 cm³/mol. The Morgan fingerprint density at radius 1 is 0.500 bits per heavy atom. The summed E-state index contributed by atoms with van der Waals surface area (Å²) in [4.78, 5) is 0. The van der Waals surface area contributed by atoms with Crippen molar-refractivity contribution < 1.29 is 26.2 Å². The van der Waals surface area contributed by atoms with Gasteiger partial charge in [-0.2, -0.15) is 0 Å². The molecule has 0 amide bonds. The van der Waals surface area contributed by atoms with Crippen LogP contribution in [0.3, 0.4) is 0 Å². The first-order valence-electron chi connectivity index (χ1n) is 0. The molecular weight excluding hydrogens is 167 g/mol. The summed E-state index contributed by atoms with van der Waals surface area (Å²) < 4.78 is 0. The Morgan fingerprint density at radius 2 is 0.500 bits per heavy atom. The van der Waals surface area contributed by atoms with Gasteiger partial charge in [-0.15, -0.1) is 0 Å². The third-order valence-electron chi connectivity index (χ3n) is 0. The summed E-state index contributed by atoms with van der Waals surface area (Å²) >= 11 is 0. The van der Waals surface area contributed by atoms with Crippen molar-refractivity contribution in [3.63, 3.8) is 0 Å². The molecule has 0 N–H and O–H groups in total. The normalized spacial score (nSPS) is 0. The van der Waals surface area contributed by atoms with Gasteiger partial charge in [0, 0.05) is 0 Å². The summed E-state index contributed by atoms with van der Waals surface area (Å²) in [7, 11) is 0. The average Bonchev–Trinajstić information content (AvgIpc) is 0. The van der Waals surface area contributed by atoms with E-state index < -0.39 is 0 Å². The molecule has 0 aromatic rings. The van der Waals surface area contributed by atoms with E-state index in [0.29, 0.717) is 0 Å². The fourth-order valence-corrected chi connectivity index (χ4v) is 0. The molecule has 0 saturated carbocycles. The number of rotatable bonds is 0. The second-order valence-corrected chi connectivity index (χ2v) is 0. The van der Waals surface area contributed by atoms with Crippen LogP contribution in [-0.4, -0.2) is 11.0 Å². The van der Waals surface area contributed by atoms with Crippen LogP contribution in [0.2, 0.25) is 0 Å². The first-order valence-corrected chi connectivity index (χ1v) is 0. The number of hydrogen-bond acceptors (Lipinski definition) is 0. The van der Waals surface area contributed by atoms with Crippen LogP contribution in [0.1, 0.15) is 0 Å². The second-order valence-electron chi connectivity index (χ2n) is 0. The topological polar surface area (TPSA) is 0 Å². The van der Waals surface area contributed by atoms with E-state index in [1.165, 1.54) is 0 Å². The second kappa shape index (κ2) is 131. The van der Waals surface area contributed by atoms with Gasteiger partial charge in [-0.3, -0.25) is 0 Å². The predicted octanol–water partition coefficient (Wildman–Crippen LogP) is 0.615. The van der Waals surface area contributed by atoms with Crippen molar-refractivity contribution in [2.75, 3.05) is 0 Å². The molecule has 0 spiro atoms. The van der Waals surface area contributed by atoms with Crippen molar-refractivity contribution >= 4 is 11.0 Å². The molecule has 0 heterocycles. The van der Waals surface area contributed by atoms with Gasteiger partial charge in [-0.1, -0.05) is 0 Å². The zero-order valence-electron chi connectivity index (χ0n) is 5.50. The monoisotopic (exact) mass is 181 g/mol. The van der Waals surface area contributed by atoms with Crippen LogP contribution in [0.25, 0.3) is 0 Å². The molecule has 0 fully saturated rings. The van der Waals surface area contributed by atoms with E-state index in [2.05, 4.69) is 0 Å². The summed E-state index contributed by atoms with van der Waals surface area (Å²) in [5.74, 6) is 0. The summed E-state index contributed by atoms with van der Waals surface area (Å²) in [5.41, 5.74) is 0. The molecule has 39 valence electrons. The maximum atomic E-state index is 0. The molecule has 0 aliphatic heterocycles. The standard InChI is InChI=1S/4CH3.H3Si.Zr/h5*1H3;/q4*-1;;+4. The Labute approximate surface area is 66.9 Å². The Kier molecular flexibility index (Phi) is 4770. The van der Waals surface area contributed by atoms with Crippen molar-refractivity contribution in [2.45, 2.75) is 0 Å². The van der Waals surface area contributed by atoms with Crippen molar-refractivity contribution in [3.8, 4) is 0 Å². The zero-order chi connectivity index (χ0) is 0. The minimum absolute atomic E-state index is 0. The van der Waals surface area contributed by atoms with E-state index in [0.717, 1.165) is 0 Å². The van der Waals surface area contributed by atoms with E-state index in [9.17, 15) is 0 Å². The molecule has 2 heteroatoms. The largest absolute Gasteiger partial charge is 4.00 e. The number of hydrogen-bond donors (Lipinski definition) is 0. The van der Waals surface area contributed by atoms with Crippen molar-refractivity contribution in [2.24, 2.45) is 0 Å². The summed E-state index contributed by atoms with van der Waals surface area (Å²) in [6, 6.07) is 0. The maximum Gasteiger partial charge on any atom is 4.00 e. The van der Waals surface area contributed by atoms with E-state index in [-0.39, 0.29) is 66.9 Å². The summed E-state index contributed by atoms with van der Waals surface area (Å²) in [5, 5.41) is 0. The van der Waals surface area contributed by atoms with Gasteiger partial charge < -0.3 is 29.7 Å². The maximum absolute atomic E-state index is 0. The summed E-state index contributed by atoms with van der Waals surface area (Å²) in [6.45, 7) is 0. The van der Waals surface area contributed by atoms with E-state index >= 15 is 0 Å². The van der Waals surface area contributed by atoms with Crippen LogP contribution in [0.5, 0.6) is 0 Å². The minimum atomic E-state index is 0. The Balaban J connectivity index is 0. The molecule has 1 radical (unpaired) electrons. The smallest absolute Gasteiger partial charge is 0.358 e. The molecule has 0 unspecified atom stereocenters. The molecule has 0 rings (SSSR count). The first-order chi connectivity index (χ1) is 0. The average molecular weight is 182 g/mol. The fourth-order valence-electron chi connectivity index (χ4n) is 0. The summed E-state index contributed by atoms with van der Waals surface area (Å²) in [6.07, 6.45) is 0. The molecule has 0 saturated heterocycles. The van der Waals surface area contributed by atoms with Crippen LogP contribution in [-0.2, 0) is 26.2 Å². The van der Waals surface area contributed by atoms with Gasteiger partial charge in [0.2, 0.25) is 0 Å². The Hall–Kier alpha value is 1.10. The molecule has 0 bridgehead atoms. The van der Waals surface area contributed by atoms with Crippen LogP contribution < -0.4 is 0 Å². The van der Waals surface area contributed by atoms with Gasteiger partial charge in [-0.05, 0) is 11.0 Å². The van der Waals surface area contributed by atoms with E-state index in [4.69, 9.17) is 0 Å². The van der Waals surface area contributed by atoms with Gasteiger partial charge in [0.15, 0.2) is 0 Å². The van der Waals surface area contributed by atoms with Gasteiger partial charge in [0.05, 0.1) is 0 Å². The molecule has 0 aromatic heterocycles. The zero-order valence-corrected chi connectivity index (χ0v) is 9.96. The Morgan fingerprint density at radius 3 is 0.500 bits per heavy atom. The molecule has 0 aliphatic carbocycles. The van der Waals surface area contributed by atoms with E-state index in [1.54, 1.807) is 0 Å². The third-order valence-corrected chi connectivity index (χ3v) is 0. The van der Waals surface area contributed by atoms with Crippen molar-refractivity contribution in [3.05, 3.63) is 29.7 Å². The quantitative estimate of drug-likeness (QED) is 0.381. The van der Waals surface area contributed by atoms with Crippen molar-refractivity contribution in [1.29, 1.82) is 0 Å². The van der Waals surface area contributed by atoms with Crippen molar-refractivity contribution in [1.82, 2.24) is 0 Å². The van der Waals surface area contributed by atoms with Gasteiger partial charge in [0.25, 0.3) is 0 Å². The molecule has 0 aromatic carbocycles. The first kappa shape index (κ1) is 218. The molecule has 0 atom stereocenters. The SMILES string of the molecule is [CH3-].[CH3-].[CH3-].[CH3-].[SiH3].[Zr+4]. The van der Waals surface area contributed by atoms with Gasteiger partial charge in [0.1, 0.15) is 0 Å².